The van der Waals surface area contributed by atoms with Crippen LogP contribution in [0.15, 0.2) is 11.6 Å². The maximum Gasteiger partial charge on any atom is 0.246 e. The Kier molecular flexibility index (Phi) is 3.86. The quantitative estimate of drug-likeness (QED) is 0.627. The summed E-state index contributed by atoms with van der Waals surface area (Å²) in [5.74, 6) is -0.0484. The zero-order valence-electron chi connectivity index (χ0n) is 8.88. The monoisotopic (exact) mass is 195 g/mol. The van der Waals surface area contributed by atoms with Gasteiger partial charge in [-0.1, -0.05) is 0 Å². The van der Waals surface area contributed by atoms with Crippen LogP contribution in [0.2, 0.25) is 0 Å². The Morgan fingerprint density at radius 3 is 2.14 bits per heavy atom. The van der Waals surface area contributed by atoms with Crippen molar-refractivity contribution in [1.82, 2.24) is 4.90 Å². The molecule has 0 atom stereocenters. The zero-order valence-corrected chi connectivity index (χ0v) is 8.88. The van der Waals surface area contributed by atoms with Crippen molar-refractivity contribution in [2.75, 3.05) is 13.1 Å². The van der Waals surface area contributed by atoms with Crippen LogP contribution >= 0.6 is 0 Å². The number of hydrogen-bond donors (Lipinski definition) is 0. The molecule has 0 radical (unpaired) electrons. The molecule has 0 N–H and O–H groups in total. The zero-order chi connectivity index (χ0) is 10.6. The van der Waals surface area contributed by atoms with Crippen molar-refractivity contribution >= 4 is 11.7 Å². The number of likely N-dealkylation sites (tertiary alicyclic amines) is 1. The first kappa shape index (κ1) is 11.0. The van der Waals surface area contributed by atoms with Crippen LogP contribution in [-0.4, -0.2) is 29.7 Å². The van der Waals surface area contributed by atoms with Gasteiger partial charge in [-0.15, -0.1) is 0 Å². The molecule has 0 saturated carbocycles. The normalized spacial score (nSPS) is 18.1. The number of nitrogens with zero attached hydrogens (tertiary/aromatic N) is 1. The van der Waals surface area contributed by atoms with E-state index in [1.807, 2.05) is 4.90 Å². The number of rotatable bonds is 2. The number of allylic oxidation sites excluding steroid dienone is 1. The minimum Gasteiger partial charge on any atom is -0.339 e. The predicted octanol–water partition coefficient (Wildman–Crippen LogP) is 1.53. The largest absolute Gasteiger partial charge is 0.339 e. The smallest absolute Gasteiger partial charge is 0.246 e. The highest BCUT2D eigenvalue weighted by Crippen LogP contribution is 2.09. The van der Waals surface area contributed by atoms with Crippen LogP contribution in [0.1, 0.15) is 33.1 Å². The van der Waals surface area contributed by atoms with Crippen LogP contribution in [0.4, 0.5) is 0 Å². The number of carbonyl (C=O) groups is 2. The predicted molar refractivity (Wildman–Crippen MR) is 54.9 cm³/mol. The second-order valence-corrected chi connectivity index (χ2v) is 3.77. The van der Waals surface area contributed by atoms with Gasteiger partial charge in [-0.25, -0.2) is 0 Å². The van der Waals surface area contributed by atoms with E-state index in [1.165, 1.54) is 19.4 Å². The van der Waals surface area contributed by atoms with Gasteiger partial charge in [0.05, 0.1) is 0 Å². The minimum atomic E-state index is -0.0321. The summed E-state index contributed by atoms with van der Waals surface area (Å²) in [6, 6.07) is 0. The standard InChI is InChI=1S/C11H17NO2/c1-9(10(2)13)8-11(14)12-6-4-3-5-7-12/h8H,3-7H2,1-2H3/b9-8+. The van der Waals surface area contributed by atoms with Gasteiger partial charge in [0.2, 0.25) is 5.91 Å². The van der Waals surface area contributed by atoms with Crippen molar-refractivity contribution in [1.29, 1.82) is 0 Å². The summed E-state index contributed by atoms with van der Waals surface area (Å²) in [7, 11) is 0. The Balaban J connectivity index is 2.56. The van der Waals surface area contributed by atoms with Gasteiger partial charge in [-0.3, -0.25) is 9.59 Å². The van der Waals surface area contributed by atoms with Gasteiger partial charge in [0.25, 0.3) is 0 Å². The molecule has 0 unspecified atom stereocenters. The third kappa shape index (κ3) is 2.98. The molecule has 1 fully saturated rings. The Morgan fingerprint density at radius 1 is 1.07 bits per heavy atom. The van der Waals surface area contributed by atoms with Crippen molar-refractivity contribution in [3.05, 3.63) is 11.6 Å². The van der Waals surface area contributed by atoms with Crippen LogP contribution in [0.25, 0.3) is 0 Å². The van der Waals surface area contributed by atoms with E-state index in [9.17, 15) is 9.59 Å². The molecule has 14 heavy (non-hydrogen) atoms. The first-order valence-corrected chi connectivity index (χ1v) is 5.09. The molecule has 1 rings (SSSR count). The van der Waals surface area contributed by atoms with Gasteiger partial charge in [-0.2, -0.15) is 0 Å². The van der Waals surface area contributed by atoms with E-state index in [0.717, 1.165) is 25.9 Å². The molecule has 3 heteroatoms. The molecule has 1 aliphatic heterocycles. The molecular formula is C11H17NO2. The van der Waals surface area contributed by atoms with Gasteiger partial charge in [0, 0.05) is 19.2 Å². The number of amides is 1. The third-order valence-corrected chi connectivity index (χ3v) is 2.56. The Hall–Kier alpha value is -1.12. The second-order valence-electron chi connectivity index (χ2n) is 3.77. The molecule has 0 spiro atoms. The van der Waals surface area contributed by atoms with Gasteiger partial charge in [0.15, 0.2) is 5.78 Å². The van der Waals surface area contributed by atoms with Gasteiger partial charge in [0.1, 0.15) is 0 Å². The van der Waals surface area contributed by atoms with Gasteiger partial charge in [-0.05, 0) is 38.7 Å². The Labute approximate surface area is 84.8 Å². The average Bonchev–Trinajstić information content (AvgIpc) is 2.19. The lowest BCUT2D eigenvalue weighted by molar-refractivity contribution is -0.127. The molecule has 0 bridgehead atoms. The van der Waals surface area contributed by atoms with E-state index in [0.29, 0.717) is 5.57 Å². The highest BCUT2D eigenvalue weighted by Gasteiger charge is 2.14. The van der Waals surface area contributed by atoms with E-state index in [-0.39, 0.29) is 11.7 Å². The van der Waals surface area contributed by atoms with Crippen LogP contribution in [0.3, 0.4) is 0 Å². The Morgan fingerprint density at radius 2 is 1.64 bits per heavy atom. The molecule has 1 heterocycles. The van der Waals surface area contributed by atoms with Crippen LogP contribution < -0.4 is 0 Å². The molecule has 0 aliphatic carbocycles. The molecule has 1 aliphatic rings. The summed E-state index contributed by atoms with van der Waals surface area (Å²) in [4.78, 5) is 24.3. The molecule has 1 amide bonds. The highest BCUT2D eigenvalue weighted by atomic mass is 16.2. The van der Waals surface area contributed by atoms with Gasteiger partial charge < -0.3 is 4.90 Å². The number of piperidine rings is 1. The number of carbonyl (C=O) groups excluding carboxylic acids is 2. The fourth-order valence-corrected chi connectivity index (χ4v) is 1.49. The molecule has 78 valence electrons. The molecule has 3 nitrogen and oxygen atoms in total. The minimum absolute atomic E-state index is 0.0163. The van der Waals surface area contributed by atoms with Gasteiger partial charge >= 0.3 is 0 Å². The topological polar surface area (TPSA) is 37.4 Å². The van der Waals surface area contributed by atoms with Crippen LogP contribution in [-0.2, 0) is 9.59 Å². The number of ketones is 1. The summed E-state index contributed by atoms with van der Waals surface area (Å²) in [5.41, 5.74) is 0.542. The van der Waals surface area contributed by atoms with Crippen LogP contribution in [0, 0.1) is 0 Å². The van der Waals surface area contributed by atoms with E-state index in [1.54, 1.807) is 6.92 Å². The average molecular weight is 195 g/mol. The van der Waals surface area contributed by atoms with E-state index >= 15 is 0 Å². The second kappa shape index (κ2) is 4.94. The molecular weight excluding hydrogens is 178 g/mol. The lowest BCUT2D eigenvalue weighted by atomic mass is 10.1. The third-order valence-electron chi connectivity index (χ3n) is 2.56. The molecule has 0 aromatic heterocycles. The molecule has 0 aromatic carbocycles. The fourth-order valence-electron chi connectivity index (χ4n) is 1.49. The van der Waals surface area contributed by atoms with Crippen molar-refractivity contribution in [3.63, 3.8) is 0 Å². The van der Waals surface area contributed by atoms with Crippen LogP contribution in [0.5, 0.6) is 0 Å². The summed E-state index contributed by atoms with van der Waals surface area (Å²) in [5, 5.41) is 0. The maximum absolute atomic E-state index is 11.6. The Bertz CT molecular complexity index is 262. The molecule has 1 saturated heterocycles. The first-order chi connectivity index (χ1) is 6.61. The SMILES string of the molecule is CC(=O)/C(C)=C/C(=O)N1CCCCC1. The fraction of sp³-hybridized carbons (Fsp3) is 0.636. The number of Topliss-reactive ketones (excluding diaryl/α,β-unsaturated/α-hetero) is 1. The van der Waals surface area contributed by atoms with E-state index in [2.05, 4.69) is 0 Å². The van der Waals surface area contributed by atoms with Crippen molar-refractivity contribution < 1.29 is 9.59 Å². The van der Waals surface area contributed by atoms with E-state index in [4.69, 9.17) is 0 Å². The lowest BCUT2D eigenvalue weighted by Crippen LogP contribution is -2.34. The van der Waals surface area contributed by atoms with Crippen molar-refractivity contribution in [2.24, 2.45) is 0 Å². The van der Waals surface area contributed by atoms with Crippen molar-refractivity contribution in [2.45, 2.75) is 33.1 Å². The highest BCUT2D eigenvalue weighted by molar-refractivity contribution is 6.00. The first-order valence-electron chi connectivity index (χ1n) is 5.09. The lowest BCUT2D eigenvalue weighted by Gasteiger charge is -2.25. The van der Waals surface area contributed by atoms with E-state index < -0.39 is 0 Å². The summed E-state index contributed by atoms with van der Waals surface area (Å²) >= 11 is 0. The summed E-state index contributed by atoms with van der Waals surface area (Å²) in [6.45, 7) is 4.83. The summed E-state index contributed by atoms with van der Waals surface area (Å²) in [6.07, 6.45) is 4.82. The summed E-state index contributed by atoms with van der Waals surface area (Å²) < 4.78 is 0. The maximum atomic E-state index is 11.6. The van der Waals surface area contributed by atoms with Crippen molar-refractivity contribution in [3.8, 4) is 0 Å². The molecule has 0 aromatic rings. The number of hydrogen-bond acceptors (Lipinski definition) is 2.